The Bertz CT molecular complexity index is 542. The van der Waals surface area contributed by atoms with Gasteiger partial charge in [0, 0.05) is 16.8 Å². The van der Waals surface area contributed by atoms with Crippen molar-refractivity contribution >= 4 is 16.6 Å². The van der Waals surface area contributed by atoms with Gasteiger partial charge in [-0.15, -0.1) is 0 Å². The lowest BCUT2D eigenvalue weighted by atomic mass is 10.0. The van der Waals surface area contributed by atoms with Crippen LogP contribution in [0.2, 0.25) is 0 Å². The van der Waals surface area contributed by atoms with Gasteiger partial charge in [0.1, 0.15) is 0 Å². The number of fused-ring (bicyclic) bond motifs is 1. The molecule has 0 aliphatic heterocycles. The van der Waals surface area contributed by atoms with Gasteiger partial charge >= 0.3 is 0 Å². The van der Waals surface area contributed by atoms with Crippen LogP contribution in [0.4, 0.5) is 5.69 Å². The van der Waals surface area contributed by atoms with Gasteiger partial charge in [-0.1, -0.05) is 0 Å². The summed E-state index contributed by atoms with van der Waals surface area (Å²) in [6.45, 7) is 8.21. The second-order valence-corrected chi connectivity index (χ2v) is 4.21. The second kappa shape index (κ2) is 3.23. The molecule has 0 aliphatic carbocycles. The molecule has 78 valence electrons. The lowest BCUT2D eigenvalue weighted by Gasteiger charge is -2.11. The number of hydrogen-bond donors (Lipinski definition) is 1. The van der Waals surface area contributed by atoms with E-state index in [-0.39, 0.29) is 0 Å². The van der Waals surface area contributed by atoms with E-state index in [0.717, 1.165) is 28.0 Å². The topological polar surface area (TPSA) is 38.9 Å². The first-order chi connectivity index (χ1) is 7.00. The summed E-state index contributed by atoms with van der Waals surface area (Å²) in [5.74, 6) is 0. The summed E-state index contributed by atoms with van der Waals surface area (Å²) in [5.41, 5.74) is 12.4. The van der Waals surface area contributed by atoms with Gasteiger partial charge in [-0.05, 0) is 56.5 Å². The zero-order chi connectivity index (χ0) is 11.2. The molecule has 0 bridgehead atoms. The third-order valence-electron chi connectivity index (χ3n) is 2.94. The Morgan fingerprint density at radius 2 is 1.67 bits per heavy atom. The molecular weight excluding hydrogens is 184 g/mol. The first kappa shape index (κ1) is 9.97. The van der Waals surface area contributed by atoms with Gasteiger partial charge in [-0.25, -0.2) is 0 Å². The number of hydrogen-bond acceptors (Lipinski definition) is 2. The van der Waals surface area contributed by atoms with E-state index in [1.165, 1.54) is 10.9 Å². The van der Waals surface area contributed by atoms with Crippen molar-refractivity contribution in [2.45, 2.75) is 27.7 Å². The predicted octanol–water partition coefficient (Wildman–Crippen LogP) is 3.05. The lowest BCUT2D eigenvalue weighted by Crippen LogP contribution is -1.98. The van der Waals surface area contributed by atoms with Crippen LogP contribution in [0, 0.1) is 27.7 Å². The Morgan fingerprint density at radius 3 is 2.33 bits per heavy atom. The number of nitrogens with zero attached hydrogens (tertiary/aromatic N) is 1. The van der Waals surface area contributed by atoms with E-state index in [0.29, 0.717) is 0 Å². The molecule has 2 N–H and O–H groups in total. The van der Waals surface area contributed by atoms with Gasteiger partial charge in [-0.3, -0.25) is 4.98 Å². The van der Waals surface area contributed by atoms with E-state index in [9.17, 15) is 0 Å². The van der Waals surface area contributed by atoms with Crippen LogP contribution < -0.4 is 5.73 Å². The Balaban J connectivity index is 2.98. The third kappa shape index (κ3) is 1.46. The maximum atomic E-state index is 6.01. The van der Waals surface area contributed by atoms with Gasteiger partial charge in [0.25, 0.3) is 0 Å². The normalized spacial score (nSPS) is 10.9. The summed E-state index contributed by atoms with van der Waals surface area (Å²) < 4.78 is 0. The summed E-state index contributed by atoms with van der Waals surface area (Å²) in [6, 6.07) is 4.23. The monoisotopic (exact) mass is 200 g/mol. The largest absolute Gasteiger partial charge is 0.398 e. The van der Waals surface area contributed by atoms with Crippen molar-refractivity contribution in [1.82, 2.24) is 4.98 Å². The molecule has 0 fully saturated rings. The zero-order valence-electron chi connectivity index (χ0n) is 9.68. The SMILES string of the molecule is Cc1cc(C)c2cc(C)c(N)c(C)c2n1. The van der Waals surface area contributed by atoms with Gasteiger partial charge < -0.3 is 5.73 Å². The van der Waals surface area contributed by atoms with E-state index in [1.54, 1.807) is 0 Å². The molecule has 0 atom stereocenters. The van der Waals surface area contributed by atoms with Gasteiger partial charge in [-0.2, -0.15) is 0 Å². The predicted molar refractivity (Wildman–Crippen MR) is 65.1 cm³/mol. The number of anilines is 1. The number of aromatic nitrogens is 1. The molecular formula is C13H16N2. The van der Waals surface area contributed by atoms with E-state index >= 15 is 0 Å². The highest BCUT2D eigenvalue weighted by Crippen LogP contribution is 2.27. The molecule has 0 unspecified atom stereocenters. The van der Waals surface area contributed by atoms with Crippen LogP contribution in [0.3, 0.4) is 0 Å². The van der Waals surface area contributed by atoms with Crippen LogP contribution in [-0.4, -0.2) is 4.98 Å². The van der Waals surface area contributed by atoms with Crippen molar-refractivity contribution in [2.75, 3.05) is 5.73 Å². The maximum absolute atomic E-state index is 6.01. The second-order valence-electron chi connectivity index (χ2n) is 4.21. The summed E-state index contributed by atoms with van der Waals surface area (Å²) in [7, 11) is 0. The van der Waals surface area contributed by atoms with Crippen molar-refractivity contribution < 1.29 is 0 Å². The Morgan fingerprint density at radius 1 is 1.00 bits per heavy atom. The molecule has 1 aromatic carbocycles. The van der Waals surface area contributed by atoms with Gasteiger partial charge in [0.05, 0.1) is 5.52 Å². The molecule has 1 heterocycles. The zero-order valence-corrected chi connectivity index (χ0v) is 9.68. The molecule has 2 heteroatoms. The smallest absolute Gasteiger partial charge is 0.0757 e. The fraction of sp³-hybridized carbons (Fsp3) is 0.308. The van der Waals surface area contributed by atoms with Crippen molar-refractivity contribution in [2.24, 2.45) is 0 Å². The van der Waals surface area contributed by atoms with E-state index in [1.807, 2.05) is 20.8 Å². The molecule has 2 rings (SSSR count). The van der Waals surface area contributed by atoms with Crippen LogP contribution in [0.1, 0.15) is 22.4 Å². The van der Waals surface area contributed by atoms with Gasteiger partial charge in [0.15, 0.2) is 0 Å². The molecule has 15 heavy (non-hydrogen) atoms. The Hall–Kier alpha value is -1.57. The van der Waals surface area contributed by atoms with Crippen molar-refractivity contribution in [3.05, 3.63) is 34.5 Å². The van der Waals surface area contributed by atoms with Crippen molar-refractivity contribution in [3.63, 3.8) is 0 Å². The molecule has 0 aliphatic rings. The molecule has 0 spiro atoms. The minimum atomic E-state index is 0.861. The Kier molecular flexibility index (Phi) is 2.14. The fourth-order valence-corrected chi connectivity index (χ4v) is 2.03. The molecule has 0 saturated carbocycles. The minimum absolute atomic E-state index is 0.861. The maximum Gasteiger partial charge on any atom is 0.0757 e. The molecule has 1 aromatic heterocycles. The number of pyridine rings is 1. The van der Waals surface area contributed by atoms with Crippen LogP contribution >= 0.6 is 0 Å². The lowest BCUT2D eigenvalue weighted by molar-refractivity contribution is 1.22. The van der Waals surface area contributed by atoms with Gasteiger partial charge in [0.2, 0.25) is 0 Å². The summed E-state index contributed by atoms with van der Waals surface area (Å²) in [6.07, 6.45) is 0. The fourth-order valence-electron chi connectivity index (χ4n) is 2.03. The van der Waals surface area contributed by atoms with Crippen LogP contribution in [-0.2, 0) is 0 Å². The van der Waals surface area contributed by atoms with Crippen molar-refractivity contribution in [3.8, 4) is 0 Å². The van der Waals surface area contributed by atoms with E-state index in [4.69, 9.17) is 5.73 Å². The first-order valence-corrected chi connectivity index (χ1v) is 5.14. The van der Waals surface area contributed by atoms with Crippen molar-refractivity contribution in [1.29, 1.82) is 0 Å². The highest BCUT2D eigenvalue weighted by molar-refractivity contribution is 5.90. The number of nitrogen functional groups attached to an aromatic ring is 1. The number of aryl methyl sites for hydroxylation is 4. The summed E-state index contributed by atoms with van der Waals surface area (Å²) >= 11 is 0. The highest BCUT2D eigenvalue weighted by atomic mass is 14.7. The molecule has 2 nitrogen and oxygen atoms in total. The molecule has 0 radical (unpaired) electrons. The summed E-state index contributed by atoms with van der Waals surface area (Å²) in [4.78, 5) is 4.56. The number of benzene rings is 1. The van der Waals surface area contributed by atoms with Crippen LogP contribution in [0.25, 0.3) is 10.9 Å². The highest BCUT2D eigenvalue weighted by Gasteiger charge is 2.08. The first-order valence-electron chi connectivity index (χ1n) is 5.14. The van der Waals surface area contributed by atoms with Crippen LogP contribution in [0.15, 0.2) is 12.1 Å². The molecule has 0 amide bonds. The standard InChI is InChI=1S/C13H16N2/c1-7-5-9(3)15-13-10(4)12(14)8(2)6-11(7)13/h5-6H,14H2,1-4H3. The Labute approximate surface area is 90.1 Å². The third-order valence-corrected chi connectivity index (χ3v) is 2.94. The quantitative estimate of drug-likeness (QED) is 0.664. The average molecular weight is 200 g/mol. The van der Waals surface area contributed by atoms with E-state index in [2.05, 4.69) is 24.0 Å². The molecule has 0 saturated heterocycles. The average Bonchev–Trinajstić information content (AvgIpc) is 2.17. The minimum Gasteiger partial charge on any atom is -0.398 e. The molecule has 2 aromatic rings. The summed E-state index contributed by atoms with van der Waals surface area (Å²) in [5, 5.41) is 1.21. The van der Waals surface area contributed by atoms with Crippen LogP contribution in [0.5, 0.6) is 0 Å². The number of nitrogens with two attached hydrogens (primary N) is 1. The number of rotatable bonds is 0. The van der Waals surface area contributed by atoms with E-state index < -0.39 is 0 Å².